The van der Waals surface area contributed by atoms with Crippen molar-refractivity contribution in [3.05, 3.63) is 24.3 Å². The zero-order valence-corrected chi connectivity index (χ0v) is 12.8. The first-order valence-corrected chi connectivity index (χ1v) is 7.54. The average molecular weight is 286 g/mol. The van der Waals surface area contributed by atoms with E-state index in [-0.39, 0.29) is 12.3 Å². The number of nitrogens with two attached hydrogens (primary N) is 1. The van der Waals surface area contributed by atoms with Gasteiger partial charge in [-0.3, -0.25) is 0 Å². The van der Waals surface area contributed by atoms with Gasteiger partial charge in [0, 0.05) is 6.61 Å². The van der Waals surface area contributed by atoms with Crippen molar-refractivity contribution < 1.29 is 4.74 Å². The van der Waals surface area contributed by atoms with Crippen molar-refractivity contribution in [3.8, 4) is 0 Å². The Bertz CT molecular complexity index is 594. The summed E-state index contributed by atoms with van der Waals surface area (Å²) in [5.41, 5.74) is 8.08. The van der Waals surface area contributed by atoms with Gasteiger partial charge in [0.05, 0.1) is 17.4 Å². The molecule has 2 aliphatic rings. The van der Waals surface area contributed by atoms with Crippen molar-refractivity contribution in [2.45, 2.75) is 39.5 Å². The van der Waals surface area contributed by atoms with E-state index in [1.165, 1.54) is 0 Å². The van der Waals surface area contributed by atoms with Crippen LogP contribution in [0, 0.1) is 5.92 Å². The Kier molecular flexibility index (Phi) is 3.68. The van der Waals surface area contributed by atoms with Crippen LogP contribution in [-0.4, -0.2) is 30.5 Å². The van der Waals surface area contributed by atoms with Gasteiger partial charge in [-0.25, -0.2) is 9.98 Å². The van der Waals surface area contributed by atoms with Gasteiger partial charge in [-0.15, -0.1) is 0 Å². The molecule has 0 fully saturated rings. The van der Waals surface area contributed by atoms with Crippen LogP contribution in [0.5, 0.6) is 0 Å². The van der Waals surface area contributed by atoms with Crippen LogP contribution < -0.4 is 10.6 Å². The zero-order valence-electron chi connectivity index (χ0n) is 12.8. The van der Waals surface area contributed by atoms with Gasteiger partial charge in [-0.1, -0.05) is 26.0 Å². The highest BCUT2D eigenvalue weighted by Crippen LogP contribution is 2.39. The molecule has 21 heavy (non-hydrogen) atoms. The predicted molar refractivity (Wildman–Crippen MR) is 86.3 cm³/mol. The minimum Gasteiger partial charge on any atom is -0.381 e. The quantitative estimate of drug-likeness (QED) is 0.925. The molecular formula is C16H22N4O. The fourth-order valence-electron chi connectivity index (χ4n) is 3.00. The lowest BCUT2D eigenvalue weighted by molar-refractivity contribution is 0.0533. The summed E-state index contributed by atoms with van der Waals surface area (Å²) >= 11 is 0. The fraction of sp³-hybridized carbons (Fsp3) is 0.500. The number of para-hydroxylation sites is 2. The Labute approximate surface area is 125 Å². The molecule has 2 aliphatic heterocycles. The van der Waals surface area contributed by atoms with Crippen LogP contribution in [0.3, 0.4) is 0 Å². The van der Waals surface area contributed by atoms with E-state index in [0.29, 0.717) is 18.4 Å². The highest BCUT2D eigenvalue weighted by molar-refractivity contribution is 6.47. The molecule has 0 saturated carbocycles. The molecular weight excluding hydrogens is 264 g/mol. The van der Waals surface area contributed by atoms with Gasteiger partial charge < -0.3 is 15.4 Å². The second kappa shape index (κ2) is 5.48. The number of hydrogen-bond acceptors (Lipinski definition) is 5. The summed E-state index contributed by atoms with van der Waals surface area (Å²) in [5, 5.41) is 0. The second-order valence-electron chi connectivity index (χ2n) is 5.85. The molecule has 5 heteroatoms. The summed E-state index contributed by atoms with van der Waals surface area (Å²) in [5.74, 6) is 1.78. The van der Waals surface area contributed by atoms with Crippen molar-refractivity contribution in [1.29, 1.82) is 0 Å². The van der Waals surface area contributed by atoms with E-state index in [1.807, 2.05) is 25.1 Å². The van der Waals surface area contributed by atoms with E-state index in [9.17, 15) is 0 Å². The maximum Gasteiger partial charge on any atom is 0.174 e. The fourth-order valence-corrected chi connectivity index (χ4v) is 3.00. The summed E-state index contributed by atoms with van der Waals surface area (Å²) in [7, 11) is 0. The Morgan fingerprint density at radius 3 is 2.81 bits per heavy atom. The first kappa shape index (κ1) is 14.1. The molecule has 1 aromatic carbocycles. The molecule has 0 spiro atoms. The first-order chi connectivity index (χ1) is 10.1. The summed E-state index contributed by atoms with van der Waals surface area (Å²) < 4.78 is 5.83. The van der Waals surface area contributed by atoms with Crippen molar-refractivity contribution in [2.75, 3.05) is 11.5 Å². The van der Waals surface area contributed by atoms with Crippen LogP contribution in [0.2, 0.25) is 0 Å². The number of ether oxygens (including phenoxy) is 1. The standard InChI is InChI=1S/C16H22N4O/c1-4-21-16-13(9-10(2)3)20-12-8-6-5-7-11(12)18-14(17)15(20)19-16/h5-8,10,13,16H,4,9H2,1-3H3,(H2,17,18). The number of benzene rings is 1. The third kappa shape index (κ3) is 2.42. The molecule has 112 valence electrons. The molecule has 3 rings (SSSR count). The highest BCUT2D eigenvalue weighted by atomic mass is 16.5. The molecule has 2 N–H and O–H groups in total. The van der Waals surface area contributed by atoms with Gasteiger partial charge in [0.1, 0.15) is 0 Å². The molecule has 2 heterocycles. The third-order valence-corrected chi connectivity index (χ3v) is 3.80. The normalized spacial score (nSPS) is 23.7. The molecule has 1 aromatic rings. The van der Waals surface area contributed by atoms with Gasteiger partial charge in [0.25, 0.3) is 0 Å². The molecule has 0 radical (unpaired) electrons. The maximum atomic E-state index is 6.11. The van der Waals surface area contributed by atoms with Crippen LogP contribution >= 0.6 is 0 Å². The highest BCUT2D eigenvalue weighted by Gasteiger charge is 2.41. The van der Waals surface area contributed by atoms with Gasteiger partial charge >= 0.3 is 0 Å². The van der Waals surface area contributed by atoms with E-state index >= 15 is 0 Å². The van der Waals surface area contributed by atoms with Crippen LogP contribution in [-0.2, 0) is 4.74 Å². The second-order valence-corrected chi connectivity index (χ2v) is 5.85. The van der Waals surface area contributed by atoms with Gasteiger partial charge in [-0.05, 0) is 31.4 Å². The Morgan fingerprint density at radius 2 is 2.10 bits per heavy atom. The van der Waals surface area contributed by atoms with Crippen LogP contribution in [0.1, 0.15) is 27.2 Å². The summed E-state index contributed by atoms with van der Waals surface area (Å²) in [6.07, 6.45) is 0.825. The minimum atomic E-state index is -0.174. The SMILES string of the molecule is CCOC1N=C2C(N)=Nc3ccccc3N2C1CC(C)C. The molecule has 0 aromatic heterocycles. The maximum absolute atomic E-state index is 6.11. The number of amidine groups is 2. The lowest BCUT2D eigenvalue weighted by atomic mass is 10.0. The average Bonchev–Trinajstić information content (AvgIpc) is 2.79. The monoisotopic (exact) mass is 286 g/mol. The first-order valence-electron chi connectivity index (χ1n) is 7.54. The smallest absolute Gasteiger partial charge is 0.174 e. The summed E-state index contributed by atoms with van der Waals surface area (Å²) in [4.78, 5) is 11.3. The lowest BCUT2D eigenvalue weighted by Gasteiger charge is -2.33. The Morgan fingerprint density at radius 1 is 1.33 bits per heavy atom. The van der Waals surface area contributed by atoms with E-state index in [2.05, 4.69) is 34.8 Å². The summed E-state index contributed by atoms with van der Waals surface area (Å²) in [6.45, 7) is 7.07. The van der Waals surface area contributed by atoms with Gasteiger partial charge in [0.15, 0.2) is 17.9 Å². The van der Waals surface area contributed by atoms with E-state index in [1.54, 1.807) is 0 Å². The van der Waals surface area contributed by atoms with Gasteiger partial charge in [-0.2, -0.15) is 0 Å². The van der Waals surface area contributed by atoms with E-state index < -0.39 is 0 Å². The number of hydrogen-bond donors (Lipinski definition) is 1. The molecule has 0 saturated heterocycles. The molecule has 2 atom stereocenters. The molecule has 0 aliphatic carbocycles. The minimum absolute atomic E-state index is 0.174. The largest absolute Gasteiger partial charge is 0.381 e. The molecule has 5 nitrogen and oxygen atoms in total. The van der Waals surface area contributed by atoms with Crippen molar-refractivity contribution >= 4 is 23.0 Å². The molecule has 2 unspecified atom stereocenters. The Hall–Kier alpha value is -1.88. The lowest BCUT2D eigenvalue weighted by Crippen LogP contribution is -2.47. The van der Waals surface area contributed by atoms with Crippen molar-refractivity contribution in [2.24, 2.45) is 21.6 Å². The molecule has 0 amide bonds. The predicted octanol–water partition coefficient (Wildman–Crippen LogP) is 2.68. The number of nitrogens with zero attached hydrogens (tertiary/aromatic N) is 3. The number of aliphatic imine (C=N–C) groups is 2. The number of anilines is 1. The van der Waals surface area contributed by atoms with Crippen molar-refractivity contribution in [3.63, 3.8) is 0 Å². The summed E-state index contributed by atoms with van der Waals surface area (Å²) in [6, 6.07) is 8.23. The third-order valence-electron chi connectivity index (χ3n) is 3.80. The Balaban J connectivity index is 2.04. The number of fused-ring (bicyclic) bond motifs is 3. The van der Waals surface area contributed by atoms with Crippen molar-refractivity contribution in [1.82, 2.24) is 0 Å². The zero-order chi connectivity index (χ0) is 15.0. The topological polar surface area (TPSA) is 63.2 Å². The number of rotatable bonds is 4. The van der Waals surface area contributed by atoms with E-state index in [4.69, 9.17) is 10.5 Å². The van der Waals surface area contributed by atoms with Gasteiger partial charge in [0.2, 0.25) is 0 Å². The molecule has 0 bridgehead atoms. The van der Waals surface area contributed by atoms with E-state index in [0.717, 1.165) is 23.6 Å². The van der Waals surface area contributed by atoms with Crippen LogP contribution in [0.4, 0.5) is 11.4 Å². The van der Waals surface area contributed by atoms with Crippen LogP contribution in [0.15, 0.2) is 34.3 Å². The van der Waals surface area contributed by atoms with Crippen LogP contribution in [0.25, 0.3) is 0 Å².